The summed E-state index contributed by atoms with van der Waals surface area (Å²) in [7, 11) is 0. The van der Waals surface area contributed by atoms with Crippen LogP contribution in [0.2, 0.25) is 0 Å². The summed E-state index contributed by atoms with van der Waals surface area (Å²) in [6.45, 7) is 6.10. The molecule has 188 valence electrons. The number of aromatic amines is 1. The molecule has 7 nitrogen and oxygen atoms in total. The number of anilines is 1. The van der Waals surface area contributed by atoms with Crippen LogP contribution in [0.1, 0.15) is 36.7 Å². The number of hydrogen-bond acceptors (Lipinski definition) is 5. The van der Waals surface area contributed by atoms with Gasteiger partial charge in [-0.3, -0.25) is 4.79 Å². The van der Waals surface area contributed by atoms with Crippen molar-refractivity contribution in [3.8, 4) is 0 Å². The number of carboxylic acids is 1. The Labute approximate surface area is 203 Å². The number of fused-ring (bicyclic) bond motifs is 1. The van der Waals surface area contributed by atoms with Gasteiger partial charge in [0.1, 0.15) is 11.7 Å². The molecule has 4 rings (SSSR count). The van der Waals surface area contributed by atoms with Crippen LogP contribution < -0.4 is 4.90 Å². The van der Waals surface area contributed by atoms with Gasteiger partial charge in [-0.2, -0.15) is 13.2 Å². The van der Waals surface area contributed by atoms with E-state index in [-0.39, 0.29) is 22.4 Å². The summed E-state index contributed by atoms with van der Waals surface area (Å²) in [6.07, 6.45) is 3.07. The van der Waals surface area contributed by atoms with Gasteiger partial charge in [0.15, 0.2) is 0 Å². The van der Waals surface area contributed by atoms with Gasteiger partial charge < -0.3 is 15.0 Å². The number of alkyl halides is 3. The van der Waals surface area contributed by atoms with E-state index < -0.39 is 29.5 Å². The smallest absolute Gasteiger partial charge is 0.416 e. The Balaban J connectivity index is 1.56. The van der Waals surface area contributed by atoms with E-state index in [2.05, 4.69) is 26.5 Å². The van der Waals surface area contributed by atoms with Crippen molar-refractivity contribution in [3.05, 3.63) is 72.1 Å². The molecule has 36 heavy (non-hydrogen) atoms. The molecule has 0 bridgehead atoms. The lowest BCUT2D eigenvalue weighted by Crippen LogP contribution is -2.39. The van der Waals surface area contributed by atoms with Gasteiger partial charge in [-0.15, -0.1) is 0 Å². The minimum Gasteiger partial charge on any atom is -0.481 e. The Kier molecular flexibility index (Phi) is 6.91. The van der Waals surface area contributed by atoms with Crippen LogP contribution >= 0.6 is 0 Å². The van der Waals surface area contributed by atoms with E-state index in [1.54, 1.807) is 25.4 Å². The number of piperidine rings is 1. The first-order chi connectivity index (χ1) is 17.0. The standard InChI is InChI=1S/C25H23F4N5O2/c1-14(17-11-30-24(31-12-17)34-9-3-4-16(13-34)23(35)36)5-7-19(15(2)26)22-32-20-8-6-18(25(27,28)29)10-21(20)33-22/h5-8,10-12,16H,2-4,9,13H2,1H3,(H,32,33)(H,35,36)/b14-5+,19-7+/t16-/m0/s1. The average Bonchev–Trinajstić information content (AvgIpc) is 3.26. The van der Waals surface area contributed by atoms with Gasteiger partial charge in [0.25, 0.3) is 0 Å². The Morgan fingerprint density at radius 2 is 1.97 bits per heavy atom. The van der Waals surface area contributed by atoms with Crippen molar-refractivity contribution in [1.82, 2.24) is 19.9 Å². The van der Waals surface area contributed by atoms with Crippen LogP contribution in [0.5, 0.6) is 0 Å². The van der Waals surface area contributed by atoms with Crippen LogP contribution in [-0.2, 0) is 11.0 Å². The number of hydrogen-bond donors (Lipinski definition) is 2. The molecule has 3 heterocycles. The predicted molar refractivity (Wildman–Crippen MR) is 128 cm³/mol. The highest BCUT2D eigenvalue weighted by Crippen LogP contribution is 2.32. The maximum absolute atomic E-state index is 14.2. The van der Waals surface area contributed by atoms with Gasteiger partial charge in [-0.25, -0.2) is 19.3 Å². The SMILES string of the molecule is C=C(F)/C(=C\C=C(/C)c1cnc(N2CCC[C@H](C(=O)O)C2)nc1)c1nc2ccc(C(F)(F)F)cc2[nH]1. The lowest BCUT2D eigenvalue weighted by Gasteiger charge is -2.30. The summed E-state index contributed by atoms with van der Waals surface area (Å²) in [5.41, 5.74) is 0.891. The normalized spacial score (nSPS) is 17.5. The summed E-state index contributed by atoms with van der Waals surface area (Å²) in [5, 5.41) is 9.27. The van der Waals surface area contributed by atoms with Crippen LogP contribution in [0, 0.1) is 5.92 Å². The third-order valence-corrected chi connectivity index (χ3v) is 6.00. The molecule has 0 spiro atoms. The summed E-state index contributed by atoms with van der Waals surface area (Å²) in [5.74, 6) is -1.62. The molecule has 2 aromatic heterocycles. The van der Waals surface area contributed by atoms with Crippen molar-refractivity contribution in [2.75, 3.05) is 18.0 Å². The fraction of sp³-hybridized carbons (Fsp3) is 0.280. The molecule has 0 amide bonds. The number of aliphatic carboxylic acids is 1. The van der Waals surface area contributed by atoms with Crippen molar-refractivity contribution in [2.24, 2.45) is 5.92 Å². The molecule has 1 saturated heterocycles. The number of halogens is 4. The highest BCUT2D eigenvalue weighted by atomic mass is 19.4. The van der Waals surface area contributed by atoms with Gasteiger partial charge in [0.05, 0.1) is 28.1 Å². The summed E-state index contributed by atoms with van der Waals surface area (Å²) in [4.78, 5) is 28.8. The summed E-state index contributed by atoms with van der Waals surface area (Å²) in [6, 6.07) is 3.06. The Hall–Kier alpha value is -4.02. The number of rotatable bonds is 6. The maximum Gasteiger partial charge on any atom is 0.416 e. The number of nitrogens with zero attached hydrogens (tertiary/aromatic N) is 4. The van der Waals surface area contributed by atoms with Gasteiger partial charge in [0, 0.05) is 31.0 Å². The molecule has 2 N–H and O–H groups in total. The van der Waals surface area contributed by atoms with Crippen LogP contribution in [0.25, 0.3) is 22.2 Å². The maximum atomic E-state index is 14.2. The minimum atomic E-state index is -4.51. The predicted octanol–water partition coefficient (Wildman–Crippen LogP) is 5.64. The number of carbonyl (C=O) groups is 1. The van der Waals surface area contributed by atoms with Gasteiger partial charge in [0.2, 0.25) is 5.95 Å². The Morgan fingerprint density at radius 1 is 1.25 bits per heavy atom. The summed E-state index contributed by atoms with van der Waals surface area (Å²) < 4.78 is 53.2. The second kappa shape index (κ2) is 9.92. The lowest BCUT2D eigenvalue weighted by molar-refractivity contribution is -0.142. The molecule has 0 radical (unpaired) electrons. The van der Waals surface area contributed by atoms with Crippen molar-refractivity contribution in [1.29, 1.82) is 0 Å². The number of allylic oxidation sites excluding steroid dienone is 5. The van der Waals surface area contributed by atoms with Crippen molar-refractivity contribution in [2.45, 2.75) is 25.9 Å². The molecule has 11 heteroatoms. The van der Waals surface area contributed by atoms with E-state index in [0.717, 1.165) is 18.6 Å². The molecule has 3 aromatic rings. The number of H-pyrrole nitrogens is 1. The van der Waals surface area contributed by atoms with E-state index in [9.17, 15) is 27.5 Å². The molecule has 1 aromatic carbocycles. The largest absolute Gasteiger partial charge is 0.481 e. The molecule has 0 saturated carbocycles. The Morgan fingerprint density at radius 3 is 2.61 bits per heavy atom. The monoisotopic (exact) mass is 501 g/mol. The molecule has 1 fully saturated rings. The first-order valence-corrected chi connectivity index (χ1v) is 11.1. The fourth-order valence-electron chi connectivity index (χ4n) is 3.96. The topological polar surface area (TPSA) is 95.0 Å². The molecular weight excluding hydrogens is 478 g/mol. The first kappa shape index (κ1) is 25.1. The van der Waals surface area contributed by atoms with Crippen molar-refractivity contribution in [3.63, 3.8) is 0 Å². The number of imidazole rings is 1. The van der Waals surface area contributed by atoms with Gasteiger partial charge in [-0.1, -0.05) is 12.7 Å². The van der Waals surface area contributed by atoms with Gasteiger partial charge >= 0.3 is 12.1 Å². The summed E-state index contributed by atoms with van der Waals surface area (Å²) >= 11 is 0. The molecule has 0 unspecified atom stereocenters. The van der Waals surface area contributed by atoms with Crippen LogP contribution in [-0.4, -0.2) is 44.1 Å². The highest BCUT2D eigenvalue weighted by Gasteiger charge is 2.31. The van der Waals surface area contributed by atoms with Crippen molar-refractivity contribution >= 4 is 34.1 Å². The first-order valence-electron chi connectivity index (χ1n) is 11.1. The molecule has 1 aliphatic heterocycles. The highest BCUT2D eigenvalue weighted by molar-refractivity contribution is 5.83. The molecule has 0 aliphatic carbocycles. The zero-order chi connectivity index (χ0) is 26.0. The Bertz CT molecular complexity index is 1360. The van der Waals surface area contributed by atoms with E-state index in [4.69, 9.17) is 0 Å². The number of aromatic nitrogens is 4. The quantitative estimate of drug-likeness (QED) is 0.335. The van der Waals surface area contributed by atoms with Crippen LogP contribution in [0.15, 0.2) is 55.2 Å². The third kappa shape index (κ3) is 5.45. The van der Waals surface area contributed by atoms with E-state index >= 15 is 0 Å². The van der Waals surface area contributed by atoms with Crippen LogP contribution in [0.4, 0.5) is 23.5 Å². The van der Waals surface area contributed by atoms with E-state index in [0.29, 0.717) is 36.6 Å². The van der Waals surface area contributed by atoms with Crippen molar-refractivity contribution < 1.29 is 27.5 Å². The second-order valence-corrected chi connectivity index (χ2v) is 8.55. The molecule has 1 aliphatic rings. The zero-order valence-corrected chi connectivity index (χ0v) is 19.3. The number of nitrogens with one attached hydrogen (secondary N) is 1. The number of carboxylic acid groups (broad SMARTS) is 1. The molecular formula is C25H23F4N5O2. The zero-order valence-electron chi connectivity index (χ0n) is 19.3. The van der Waals surface area contributed by atoms with Gasteiger partial charge in [-0.05, 0) is 49.6 Å². The minimum absolute atomic E-state index is 0.00956. The van der Waals surface area contributed by atoms with E-state index in [1.165, 1.54) is 12.1 Å². The number of benzene rings is 1. The second-order valence-electron chi connectivity index (χ2n) is 8.55. The third-order valence-electron chi connectivity index (χ3n) is 6.00. The van der Waals surface area contributed by atoms with Crippen LogP contribution in [0.3, 0.4) is 0 Å². The lowest BCUT2D eigenvalue weighted by atomic mass is 9.99. The molecule has 1 atom stereocenters. The fourth-order valence-corrected chi connectivity index (χ4v) is 3.96. The average molecular weight is 501 g/mol. The van der Waals surface area contributed by atoms with E-state index in [1.807, 2.05) is 4.90 Å².